The molecule has 2 aliphatic rings. The lowest BCUT2D eigenvalue weighted by molar-refractivity contribution is -0.111. The minimum atomic E-state index is -0.311. The van der Waals surface area contributed by atoms with Crippen molar-refractivity contribution in [2.24, 2.45) is 0 Å². The highest BCUT2D eigenvalue weighted by Crippen LogP contribution is 2.38. The lowest BCUT2D eigenvalue weighted by Crippen LogP contribution is -2.36. The van der Waals surface area contributed by atoms with Crippen molar-refractivity contribution in [2.75, 3.05) is 49.6 Å². The Morgan fingerprint density at radius 2 is 1.97 bits per heavy atom. The molecule has 1 amide bonds. The Morgan fingerprint density at radius 1 is 1.09 bits per heavy atom. The summed E-state index contributed by atoms with van der Waals surface area (Å²) in [6.07, 6.45) is 5.27. The number of anilines is 3. The molecule has 0 atom stereocenters. The van der Waals surface area contributed by atoms with E-state index in [0.717, 1.165) is 81.1 Å². The number of halogens is 1. The van der Waals surface area contributed by atoms with Gasteiger partial charge in [0, 0.05) is 47.8 Å². The maximum Gasteiger partial charge on any atom is 0.300 e. The van der Waals surface area contributed by atoms with Gasteiger partial charge in [-0.05, 0) is 67.6 Å². The van der Waals surface area contributed by atoms with Crippen molar-refractivity contribution in [3.63, 3.8) is 0 Å². The molecule has 2 aliphatic heterocycles. The first-order chi connectivity index (χ1) is 17.2. The van der Waals surface area contributed by atoms with Gasteiger partial charge >= 0.3 is 0 Å². The number of carbonyl (C=O) groups excluding carboxylic acids is 1. The summed E-state index contributed by atoms with van der Waals surface area (Å²) in [5.41, 5.74) is 3.79. The van der Waals surface area contributed by atoms with Crippen LogP contribution in [0, 0.1) is 11.8 Å². The van der Waals surface area contributed by atoms with Gasteiger partial charge in [-0.15, -0.1) is 0 Å². The number of nitrogens with zero attached hydrogens (tertiary/aromatic N) is 4. The van der Waals surface area contributed by atoms with Crippen LogP contribution in [0.1, 0.15) is 24.8 Å². The predicted molar refractivity (Wildman–Crippen MR) is 139 cm³/mol. The average Bonchev–Trinajstić information content (AvgIpc) is 3.29. The van der Waals surface area contributed by atoms with Crippen LogP contribution in [0.15, 0.2) is 42.7 Å². The van der Waals surface area contributed by atoms with Crippen molar-refractivity contribution >= 4 is 45.6 Å². The predicted octanol–water partition coefficient (Wildman–Crippen LogP) is 4.42. The van der Waals surface area contributed by atoms with Gasteiger partial charge in [0.15, 0.2) is 0 Å². The number of carbonyl (C=O) groups is 1. The average molecular weight is 490 g/mol. The Kier molecular flexibility index (Phi) is 7.43. The van der Waals surface area contributed by atoms with Crippen LogP contribution in [0.5, 0.6) is 0 Å². The largest absolute Gasteiger partial charge is 0.379 e. The number of hydrogen-bond donors (Lipinski definition) is 1. The molecule has 1 saturated heterocycles. The molecule has 180 valence electrons. The van der Waals surface area contributed by atoms with Crippen LogP contribution in [0.25, 0.3) is 10.9 Å². The van der Waals surface area contributed by atoms with E-state index in [9.17, 15) is 4.79 Å². The summed E-state index contributed by atoms with van der Waals surface area (Å²) in [4.78, 5) is 26.0. The summed E-state index contributed by atoms with van der Waals surface area (Å²) in [6.45, 7) is 5.53. The molecule has 5 rings (SSSR count). The van der Waals surface area contributed by atoms with Crippen molar-refractivity contribution in [2.45, 2.75) is 25.7 Å². The van der Waals surface area contributed by atoms with Crippen LogP contribution in [-0.4, -0.2) is 60.2 Å². The first-order valence-corrected chi connectivity index (χ1v) is 12.5. The van der Waals surface area contributed by atoms with Gasteiger partial charge in [-0.1, -0.05) is 23.6 Å². The van der Waals surface area contributed by atoms with Gasteiger partial charge in [0.05, 0.1) is 18.7 Å². The number of unbranched alkanes of at least 4 members (excludes halogenated alkanes) is 2. The molecule has 0 spiro atoms. The Morgan fingerprint density at radius 3 is 2.86 bits per heavy atom. The maximum absolute atomic E-state index is 12.4. The van der Waals surface area contributed by atoms with E-state index in [2.05, 4.69) is 43.0 Å². The smallest absolute Gasteiger partial charge is 0.300 e. The van der Waals surface area contributed by atoms with E-state index in [-0.39, 0.29) is 5.91 Å². The molecule has 1 N–H and O–H groups in total. The van der Waals surface area contributed by atoms with Crippen molar-refractivity contribution in [1.29, 1.82) is 0 Å². The second-order valence-electron chi connectivity index (χ2n) is 8.77. The Hall–Kier alpha value is -3.18. The molecule has 0 unspecified atom stereocenters. The summed E-state index contributed by atoms with van der Waals surface area (Å²) < 4.78 is 5.37. The molecule has 0 radical (unpaired) electrons. The number of morpholine rings is 1. The zero-order chi connectivity index (χ0) is 24.0. The number of aromatic nitrogens is 2. The summed E-state index contributed by atoms with van der Waals surface area (Å²) in [7, 11) is 0. The third-order valence-corrected chi connectivity index (χ3v) is 6.64. The topological polar surface area (TPSA) is 70.6 Å². The number of fused-ring (bicyclic) bond motifs is 2. The molecule has 3 heterocycles. The van der Waals surface area contributed by atoms with Crippen LogP contribution in [-0.2, 0) is 16.0 Å². The Balaban J connectivity index is 1.22. The fourth-order valence-electron chi connectivity index (χ4n) is 4.59. The molecule has 8 heteroatoms. The molecule has 3 aromatic rings. The molecule has 0 saturated carbocycles. The number of nitrogens with one attached hydrogen (secondary N) is 1. The van der Waals surface area contributed by atoms with E-state index in [1.54, 1.807) is 6.33 Å². The van der Waals surface area contributed by atoms with E-state index in [1.807, 2.05) is 30.3 Å². The Bertz CT molecular complexity index is 1280. The van der Waals surface area contributed by atoms with E-state index >= 15 is 0 Å². The number of hydrogen-bond acceptors (Lipinski definition) is 6. The van der Waals surface area contributed by atoms with Crippen molar-refractivity contribution in [3.8, 4) is 11.8 Å². The second kappa shape index (κ2) is 11.0. The molecule has 7 nitrogen and oxygen atoms in total. The zero-order valence-corrected chi connectivity index (χ0v) is 20.4. The minimum Gasteiger partial charge on any atom is -0.379 e. The normalized spacial score (nSPS) is 15.5. The van der Waals surface area contributed by atoms with Crippen LogP contribution >= 0.6 is 11.6 Å². The molecule has 1 aromatic heterocycles. The number of amides is 1. The summed E-state index contributed by atoms with van der Waals surface area (Å²) in [5.74, 6) is 6.21. The Labute approximate surface area is 210 Å². The fraction of sp³-hybridized carbons (Fsp3) is 0.370. The SMILES string of the molecule is O=C(C#CCCCCN1CCOCC1)Nc1ccc2ncnc(N3CCc4ccc(Cl)cc43)c2c1. The van der Waals surface area contributed by atoms with Gasteiger partial charge in [0.25, 0.3) is 5.91 Å². The highest BCUT2D eigenvalue weighted by molar-refractivity contribution is 6.31. The lowest BCUT2D eigenvalue weighted by Gasteiger charge is -2.26. The van der Waals surface area contributed by atoms with Crippen molar-refractivity contribution < 1.29 is 9.53 Å². The number of rotatable bonds is 6. The summed E-state index contributed by atoms with van der Waals surface area (Å²) in [6, 6.07) is 11.6. The fourth-order valence-corrected chi connectivity index (χ4v) is 4.75. The molecule has 0 bridgehead atoms. The first kappa shape index (κ1) is 23.6. The van der Waals surface area contributed by atoms with Crippen LogP contribution in [0.4, 0.5) is 17.2 Å². The highest BCUT2D eigenvalue weighted by atomic mass is 35.5. The van der Waals surface area contributed by atoms with Crippen LogP contribution < -0.4 is 10.2 Å². The van der Waals surface area contributed by atoms with Gasteiger partial charge < -0.3 is 15.0 Å². The van der Waals surface area contributed by atoms with Gasteiger partial charge in [-0.2, -0.15) is 0 Å². The summed E-state index contributed by atoms with van der Waals surface area (Å²) in [5, 5.41) is 4.46. The van der Waals surface area contributed by atoms with Gasteiger partial charge in [0.2, 0.25) is 0 Å². The van der Waals surface area contributed by atoms with E-state index in [4.69, 9.17) is 16.3 Å². The van der Waals surface area contributed by atoms with E-state index in [1.165, 1.54) is 5.56 Å². The van der Waals surface area contributed by atoms with Crippen molar-refractivity contribution in [1.82, 2.24) is 14.9 Å². The maximum atomic E-state index is 12.4. The van der Waals surface area contributed by atoms with E-state index in [0.29, 0.717) is 17.1 Å². The zero-order valence-electron chi connectivity index (χ0n) is 19.6. The summed E-state index contributed by atoms with van der Waals surface area (Å²) >= 11 is 6.26. The van der Waals surface area contributed by atoms with E-state index < -0.39 is 0 Å². The second-order valence-corrected chi connectivity index (χ2v) is 9.21. The number of benzene rings is 2. The van der Waals surface area contributed by atoms with Gasteiger partial charge in [-0.25, -0.2) is 9.97 Å². The van der Waals surface area contributed by atoms with Crippen LogP contribution in [0.2, 0.25) is 5.02 Å². The third kappa shape index (κ3) is 5.73. The molecule has 0 aliphatic carbocycles. The molecule has 1 fully saturated rings. The quantitative estimate of drug-likeness (QED) is 0.408. The third-order valence-electron chi connectivity index (χ3n) is 6.40. The van der Waals surface area contributed by atoms with Crippen molar-refractivity contribution in [3.05, 3.63) is 53.3 Å². The number of ether oxygens (including phenoxy) is 1. The monoisotopic (exact) mass is 489 g/mol. The highest BCUT2D eigenvalue weighted by Gasteiger charge is 2.23. The standard InChI is InChI=1S/C27H28ClN5O2/c28-21-7-6-20-10-12-33(25(20)17-21)27-23-18-22(8-9-24(23)29-19-30-27)31-26(34)5-3-1-2-4-11-32-13-15-35-16-14-32/h6-9,17-19H,1-2,4,10-16H2,(H,31,34). The molecule has 35 heavy (non-hydrogen) atoms. The molecule has 2 aromatic carbocycles. The van der Waals surface area contributed by atoms with Gasteiger partial charge in [-0.3, -0.25) is 9.69 Å². The van der Waals surface area contributed by atoms with Gasteiger partial charge in [0.1, 0.15) is 12.1 Å². The lowest BCUT2D eigenvalue weighted by atomic mass is 10.1. The molecular weight excluding hydrogens is 462 g/mol. The van der Waals surface area contributed by atoms with Crippen LogP contribution in [0.3, 0.4) is 0 Å². The molecular formula is C27H28ClN5O2. The first-order valence-electron chi connectivity index (χ1n) is 12.1. The minimum absolute atomic E-state index is 0.311.